The van der Waals surface area contributed by atoms with E-state index in [2.05, 4.69) is 27.0 Å². The summed E-state index contributed by atoms with van der Waals surface area (Å²) in [5.41, 5.74) is 0. The fourth-order valence-electron chi connectivity index (χ4n) is 3.85. The van der Waals surface area contributed by atoms with Crippen molar-refractivity contribution in [3.8, 4) is 0 Å². The molecule has 1 aromatic rings. The normalized spacial score (nSPS) is 21.0. The van der Waals surface area contributed by atoms with Crippen molar-refractivity contribution in [3.63, 3.8) is 0 Å². The first-order valence-electron chi connectivity index (χ1n) is 8.91. The van der Waals surface area contributed by atoms with Crippen LogP contribution in [0.2, 0.25) is 0 Å². The topological polar surface area (TPSA) is 62.5 Å². The van der Waals surface area contributed by atoms with Crippen LogP contribution in [0.5, 0.6) is 0 Å². The summed E-state index contributed by atoms with van der Waals surface area (Å²) in [6.45, 7) is 4.65. The van der Waals surface area contributed by atoms with Crippen LogP contribution in [0.1, 0.15) is 50.2 Å². The van der Waals surface area contributed by atoms with Crippen molar-refractivity contribution in [2.24, 2.45) is 5.92 Å². The summed E-state index contributed by atoms with van der Waals surface area (Å²) in [4.78, 5) is 21.8. The van der Waals surface area contributed by atoms with Crippen LogP contribution in [0.4, 0.5) is 0 Å². The van der Waals surface area contributed by atoms with Gasteiger partial charge in [-0.25, -0.2) is 0 Å². The van der Waals surface area contributed by atoms with Crippen LogP contribution in [0.15, 0.2) is 4.52 Å². The molecule has 3 rings (SSSR count). The molecule has 0 spiro atoms. The zero-order valence-corrected chi connectivity index (χ0v) is 14.3. The molecule has 0 atom stereocenters. The van der Waals surface area contributed by atoms with E-state index < -0.39 is 0 Å². The Balaban J connectivity index is 1.65. The van der Waals surface area contributed by atoms with Gasteiger partial charge in [-0.2, -0.15) is 4.98 Å². The van der Waals surface area contributed by atoms with Gasteiger partial charge in [0, 0.05) is 31.8 Å². The minimum Gasteiger partial charge on any atom is -0.340 e. The summed E-state index contributed by atoms with van der Waals surface area (Å²) in [7, 11) is 2.15. The maximum atomic E-state index is 13.0. The van der Waals surface area contributed by atoms with Crippen LogP contribution >= 0.6 is 0 Å². The SMILES string of the molecule is Cc1nc(CCN(C(=O)C2CCCC2)C2CCN(C)CC2)no1. The summed E-state index contributed by atoms with van der Waals surface area (Å²) in [5, 5.41) is 3.97. The maximum Gasteiger partial charge on any atom is 0.225 e. The third-order valence-corrected chi connectivity index (χ3v) is 5.26. The molecule has 6 heteroatoms. The predicted octanol–water partition coefficient (Wildman–Crippen LogP) is 2.03. The van der Waals surface area contributed by atoms with Gasteiger partial charge in [0.25, 0.3) is 0 Å². The van der Waals surface area contributed by atoms with Crippen molar-refractivity contribution < 1.29 is 9.32 Å². The van der Waals surface area contributed by atoms with Crippen molar-refractivity contribution >= 4 is 5.91 Å². The van der Waals surface area contributed by atoms with Crippen molar-refractivity contribution in [3.05, 3.63) is 11.7 Å². The third kappa shape index (κ3) is 4.10. The minimum absolute atomic E-state index is 0.238. The van der Waals surface area contributed by atoms with Gasteiger partial charge >= 0.3 is 0 Å². The predicted molar refractivity (Wildman–Crippen MR) is 86.9 cm³/mol. The molecule has 23 heavy (non-hydrogen) atoms. The number of aromatic nitrogens is 2. The number of piperidine rings is 1. The second kappa shape index (κ2) is 7.43. The Morgan fingerprint density at radius 1 is 1.26 bits per heavy atom. The Hall–Kier alpha value is -1.43. The Labute approximate surface area is 138 Å². The molecule has 1 aliphatic heterocycles. The van der Waals surface area contributed by atoms with Crippen LogP contribution in [0.25, 0.3) is 0 Å². The number of rotatable bonds is 5. The zero-order chi connectivity index (χ0) is 16.2. The molecule has 1 saturated heterocycles. The minimum atomic E-state index is 0.238. The molecule has 128 valence electrons. The first-order chi connectivity index (χ1) is 11.1. The Bertz CT molecular complexity index is 516. The monoisotopic (exact) mass is 320 g/mol. The van der Waals surface area contributed by atoms with Gasteiger partial charge in [0.15, 0.2) is 5.82 Å². The largest absolute Gasteiger partial charge is 0.340 e. The highest BCUT2D eigenvalue weighted by molar-refractivity contribution is 5.79. The lowest BCUT2D eigenvalue weighted by molar-refractivity contribution is -0.138. The van der Waals surface area contributed by atoms with Gasteiger partial charge in [-0.15, -0.1) is 0 Å². The average Bonchev–Trinajstić information content (AvgIpc) is 3.20. The molecule has 0 bridgehead atoms. The quantitative estimate of drug-likeness (QED) is 0.831. The lowest BCUT2D eigenvalue weighted by Crippen LogP contribution is -2.49. The van der Waals surface area contributed by atoms with Crippen molar-refractivity contribution in [2.45, 2.75) is 57.9 Å². The number of nitrogens with zero attached hydrogens (tertiary/aromatic N) is 4. The number of likely N-dealkylation sites (tertiary alicyclic amines) is 1. The Kier molecular flexibility index (Phi) is 5.30. The maximum absolute atomic E-state index is 13.0. The molecule has 0 N–H and O–H groups in total. The summed E-state index contributed by atoms with van der Waals surface area (Å²) in [5.74, 6) is 1.89. The lowest BCUT2D eigenvalue weighted by Gasteiger charge is -2.38. The van der Waals surface area contributed by atoms with Gasteiger partial charge in [0.2, 0.25) is 11.8 Å². The van der Waals surface area contributed by atoms with Crippen LogP contribution in [-0.4, -0.2) is 58.6 Å². The van der Waals surface area contributed by atoms with Gasteiger partial charge in [-0.05, 0) is 45.8 Å². The summed E-state index contributed by atoms with van der Waals surface area (Å²) < 4.78 is 5.05. The van der Waals surface area contributed by atoms with E-state index in [9.17, 15) is 4.79 Å². The molecule has 1 amide bonds. The Morgan fingerprint density at radius 3 is 2.57 bits per heavy atom. The molecule has 2 heterocycles. The van der Waals surface area contributed by atoms with Crippen molar-refractivity contribution in [1.29, 1.82) is 0 Å². The van der Waals surface area contributed by atoms with E-state index in [-0.39, 0.29) is 5.92 Å². The van der Waals surface area contributed by atoms with Gasteiger partial charge in [-0.3, -0.25) is 4.79 Å². The van der Waals surface area contributed by atoms with Crippen LogP contribution < -0.4 is 0 Å². The first kappa shape index (κ1) is 16.4. The van der Waals surface area contributed by atoms with Crippen LogP contribution in [-0.2, 0) is 11.2 Å². The number of aryl methyl sites for hydroxylation is 1. The molecule has 0 unspecified atom stereocenters. The molecule has 1 aromatic heterocycles. The van der Waals surface area contributed by atoms with Crippen LogP contribution in [0, 0.1) is 12.8 Å². The van der Waals surface area contributed by atoms with E-state index in [1.807, 2.05) is 0 Å². The number of amides is 1. The molecule has 0 radical (unpaired) electrons. The van der Waals surface area contributed by atoms with Crippen LogP contribution in [0.3, 0.4) is 0 Å². The number of hydrogen-bond acceptors (Lipinski definition) is 5. The molecule has 1 aliphatic carbocycles. The molecule has 0 aromatic carbocycles. The number of carbonyl (C=O) groups is 1. The first-order valence-corrected chi connectivity index (χ1v) is 8.91. The van der Waals surface area contributed by atoms with E-state index in [4.69, 9.17) is 4.52 Å². The van der Waals surface area contributed by atoms with Gasteiger partial charge in [0.05, 0.1) is 0 Å². The van der Waals surface area contributed by atoms with Crippen molar-refractivity contribution in [2.75, 3.05) is 26.7 Å². The van der Waals surface area contributed by atoms with E-state index in [0.717, 1.165) is 38.8 Å². The van der Waals surface area contributed by atoms with E-state index in [1.54, 1.807) is 6.92 Å². The molecular weight excluding hydrogens is 292 g/mol. The highest BCUT2D eigenvalue weighted by Crippen LogP contribution is 2.28. The summed E-state index contributed by atoms with van der Waals surface area (Å²) in [6.07, 6.45) is 7.33. The fraction of sp³-hybridized carbons (Fsp3) is 0.824. The smallest absolute Gasteiger partial charge is 0.225 e. The summed E-state index contributed by atoms with van der Waals surface area (Å²) in [6, 6.07) is 0.368. The highest BCUT2D eigenvalue weighted by Gasteiger charge is 2.32. The molecule has 2 aliphatic rings. The second-order valence-electron chi connectivity index (χ2n) is 7.03. The molecule has 1 saturated carbocycles. The van der Waals surface area contributed by atoms with E-state index in [0.29, 0.717) is 36.6 Å². The van der Waals surface area contributed by atoms with Crippen molar-refractivity contribution in [1.82, 2.24) is 19.9 Å². The molecule has 6 nitrogen and oxygen atoms in total. The molecule has 2 fully saturated rings. The standard InChI is InChI=1S/C17H28N4O2/c1-13-18-16(19-23-13)9-12-21(15-7-10-20(2)11-8-15)17(22)14-5-3-4-6-14/h14-15H,3-12H2,1-2H3. The van der Waals surface area contributed by atoms with Gasteiger partial charge in [0.1, 0.15) is 0 Å². The Morgan fingerprint density at radius 2 is 1.96 bits per heavy atom. The number of hydrogen-bond donors (Lipinski definition) is 0. The third-order valence-electron chi connectivity index (χ3n) is 5.26. The fourth-order valence-corrected chi connectivity index (χ4v) is 3.85. The average molecular weight is 320 g/mol. The van der Waals surface area contributed by atoms with Gasteiger partial charge < -0.3 is 14.3 Å². The van der Waals surface area contributed by atoms with Gasteiger partial charge in [-0.1, -0.05) is 18.0 Å². The van der Waals surface area contributed by atoms with E-state index >= 15 is 0 Å². The molecular formula is C17H28N4O2. The zero-order valence-electron chi connectivity index (χ0n) is 14.3. The summed E-state index contributed by atoms with van der Waals surface area (Å²) >= 11 is 0. The highest BCUT2D eigenvalue weighted by atomic mass is 16.5. The second-order valence-corrected chi connectivity index (χ2v) is 7.03. The lowest BCUT2D eigenvalue weighted by atomic mass is 9.99. The van der Waals surface area contributed by atoms with E-state index in [1.165, 1.54) is 12.8 Å². The number of carbonyl (C=O) groups excluding carboxylic acids is 1.